The Bertz CT molecular complexity index is 833. The predicted molar refractivity (Wildman–Crippen MR) is 156 cm³/mol. The van der Waals surface area contributed by atoms with Crippen LogP contribution in [0.2, 0.25) is 0 Å². The van der Waals surface area contributed by atoms with E-state index in [0.717, 1.165) is 44.9 Å². The van der Waals surface area contributed by atoms with E-state index in [2.05, 4.69) is 20.8 Å². The van der Waals surface area contributed by atoms with Crippen molar-refractivity contribution in [3.63, 3.8) is 0 Å². The van der Waals surface area contributed by atoms with Gasteiger partial charge in [0.25, 0.3) is 0 Å². The molecule has 1 rings (SSSR count). The number of aromatic hydroxyl groups is 1. The number of methoxy groups -OCH3 is 1. The van der Waals surface area contributed by atoms with Gasteiger partial charge in [0.05, 0.1) is 31.8 Å². The molecule has 2 atom stereocenters. The average Bonchev–Trinajstić information content (AvgIpc) is 2.87. The van der Waals surface area contributed by atoms with Crippen LogP contribution < -0.4 is 23.7 Å². The highest BCUT2D eigenvalue weighted by Crippen LogP contribution is 2.59. The first-order valence-electron chi connectivity index (χ1n) is 14.9. The van der Waals surface area contributed by atoms with Crippen molar-refractivity contribution in [2.45, 2.75) is 132 Å². The molecule has 0 amide bonds. The maximum absolute atomic E-state index is 11.8. The SMILES string of the molecule is CCCCOc1c(OC(C)C)c(OCCC)c(O)c(OC(OC)(OCC)C(CC)CCCC)c1OC(C)(C)C. The molecular weight excluding hydrogens is 500 g/mol. The molecule has 0 saturated heterocycles. The first kappa shape index (κ1) is 35.0. The van der Waals surface area contributed by atoms with Crippen LogP contribution in [0.3, 0.4) is 0 Å². The minimum Gasteiger partial charge on any atom is -0.501 e. The molecule has 0 heterocycles. The zero-order valence-electron chi connectivity index (χ0n) is 26.5. The van der Waals surface area contributed by atoms with Gasteiger partial charge in [0.15, 0.2) is 0 Å². The summed E-state index contributed by atoms with van der Waals surface area (Å²) in [5.41, 5.74) is -0.651. The van der Waals surface area contributed by atoms with Crippen LogP contribution in [-0.4, -0.2) is 49.7 Å². The van der Waals surface area contributed by atoms with Crippen molar-refractivity contribution in [1.29, 1.82) is 0 Å². The molecule has 1 aromatic rings. The number of phenols is 1. The summed E-state index contributed by atoms with van der Waals surface area (Å²) in [6, 6.07) is 0. The number of benzene rings is 1. The molecule has 0 fully saturated rings. The second kappa shape index (κ2) is 16.9. The van der Waals surface area contributed by atoms with Gasteiger partial charge in [0, 0.05) is 7.11 Å². The van der Waals surface area contributed by atoms with E-state index in [1.165, 1.54) is 0 Å². The van der Waals surface area contributed by atoms with Gasteiger partial charge in [-0.3, -0.25) is 0 Å². The van der Waals surface area contributed by atoms with Gasteiger partial charge >= 0.3 is 5.97 Å². The summed E-state index contributed by atoms with van der Waals surface area (Å²) in [7, 11) is 1.56. The molecule has 228 valence electrons. The second-order valence-electron chi connectivity index (χ2n) is 11.0. The van der Waals surface area contributed by atoms with Gasteiger partial charge in [0.2, 0.25) is 34.5 Å². The van der Waals surface area contributed by atoms with E-state index in [1.54, 1.807) is 7.11 Å². The second-order valence-corrected chi connectivity index (χ2v) is 11.0. The molecule has 1 aromatic carbocycles. The summed E-state index contributed by atoms with van der Waals surface area (Å²) in [5, 5.41) is 11.8. The lowest BCUT2D eigenvalue weighted by atomic mass is 9.96. The van der Waals surface area contributed by atoms with Gasteiger partial charge in [-0.15, -0.1) is 0 Å². The topological polar surface area (TPSA) is 84.8 Å². The van der Waals surface area contributed by atoms with Crippen LogP contribution in [0, 0.1) is 5.92 Å². The molecule has 0 aliphatic carbocycles. The Labute approximate surface area is 237 Å². The summed E-state index contributed by atoms with van der Waals surface area (Å²) in [6.07, 6.45) is 5.88. The van der Waals surface area contributed by atoms with Crippen LogP contribution in [0.5, 0.6) is 34.5 Å². The third-order valence-corrected chi connectivity index (χ3v) is 5.98. The van der Waals surface area contributed by atoms with Gasteiger partial charge in [-0.25, -0.2) is 0 Å². The molecule has 0 bridgehead atoms. The van der Waals surface area contributed by atoms with E-state index in [0.29, 0.717) is 25.6 Å². The van der Waals surface area contributed by atoms with E-state index in [1.807, 2.05) is 48.5 Å². The Hall–Kier alpha value is -2.06. The standard InChI is InChI=1S/C31H56O8/c1-12-17-19-23(15-4)31(33-11,36-16-5)39-26-24(32)25(34-20-14-3)28(37-22(6)7)27(35-21-18-13-2)29(26)38-30(8,9)10/h22-23,32H,12-21H2,1-11H3. The lowest BCUT2D eigenvalue weighted by Gasteiger charge is -2.39. The average molecular weight is 557 g/mol. The van der Waals surface area contributed by atoms with Crippen LogP contribution in [0.1, 0.15) is 114 Å². The summed E-state index contributed by atoms with van der Waals surface area (Å²) >= 11 is 0. The third kappa shape index (κ3) is 10.1. The number of rotatable bonds is 20. The number of phenolic OH excluding ortho intramolecular Hbond substituents is 1. The third-order valence-electron chi connectivity index (χ3n) is 5.98. The highest BCUT2D eigenvalue weighted by atomic mass is 16.9. The minimum absolute atomic E-state index is 0.0453. The quantitative estimate of drug-likeness (QED) is 0.127. The molecule has 2 unspecified atom stereocenters. The van der Waals surface area contributed by atoms with E-state index in [-0.39, 0.29) is 40.8 Å². The van der Waals surface area contributed by atoms with Crippen molar-refractivity contribution in [3.05, 3.63) is 0 Å². The van der Waals surface area contributed by atoms with E-state index in [9.17, 15) is 5.11 Å². The lowest BCUT2D eigenvalue weighted by molar-refractivity contribution is -0.361. The molecule has 8 heteroatoms. The lowest BCUT2D eigenvalue weighted by Crippen LogP contribution is -2.48. The molecular formula is C31H56O8. The van der Waals surface area contributed by atoms with Gasteiger partial charge in [-0.2, -0.15) is 0 Å². The predicted octanol–water partition coefficient (Wildman–Crippen LogP) is 8.26. The highest BCUT2D eigenvalue weighted by Gasteiger charge is 2.45. The van der Waals surface area contributed by atoms with Crippen LogP contribution in [0.25, 0.3) is 0 Å². The van der Waals surface area contributed by atoms with Gasteiger partial charge in [-0.1, -0.05) is 47.0 Å². The van der Waals surface area contributed by atoms with E-state index in [4.69, 9.17) is 33.2 Å². The molecule has 39 heavy (non-hydrogen) atoms. The fraction of sp³-hybridized carbons (Fsp3) is 0.806. The fourth-order valence-electron chi connectivity index (χ4n) is 4.17. The first-order chi connectivity index (χ1) is 18.4. The minimum atomic E-state index is -1.46. The summed E-state index contributed by atoms with van der Waals surface area (Å²) in [6.45, 7) is 21.0. The van der Waals surface area contributed by atoms with Gasteiger partial charge < -0.3 is 38.3 Å². The number of ether oxygens (including phenoxy) is 7. The number of unbranched alkanes of at least 4 members (excludes halogenated alkanes) is 2. The molecule has 1 N–H and O–H groups in total. The maximum Gasteiger partial charge on any atom is 0.329 e. The Kier molecular flexibility index (Phi) is 15.2. The zero-order valence-corrected chi connectivity index (χ0v) is 26.5. The molecule has 0 aromatic heterocycles. The largest absolute Gasteiger partial charge is 0.501 e. The number of hydrogen-bond donors (Lipinski definition) is 1. The van der Waals surface area contributed by atoms with Crippen molar-refractivity contribution in [2.24, 2.45) is 5.92 Å². The maximum atomic E-state index is 11.8. The van der Waals surface area contributed by atoms with Crippen LogP contribution in [0.4, 0.5) is 0 Å². The van der Waals surface area contributed by atoms with E-state index < -0.39 is 11.6 Å². The molecule has 0 aliphatic rings. The summed E-state index contributed by atoms with van der Waals surface area (Å²) in [4.78, 5) is 0. The Morgan fingerprint density at radius 1 is 0.744 bits per heavy atom. The van der Waals surface area contributed by atoms with Crippen molar-refractivity contribution in [1.82, 2.24) is 0 Å². The molecule has 0 aliphatic heterocycles. The monoisotopic (exact) mass is 556 g/mol. The Morgan fingerprint density at radius 3 is 1.87 bits per heavy atom. The van der Waals surface area contributed by atoms with Crippen LogP contribution >= 0.6 is 0 Å². The van der Waals surface area contributed by atoms with Crippen molar-refractivity contribution < 1.29 is 38.3 Å². The molecule has 0 saturated carbocycles. The van der Waals surface area contributed by atoms with Crippen molar-refractivity contribution >= 4 is 0 Å². The van der Waals surface area contributed by atoms with Crippen molar-refractivity contribution in [3.8, 4) is 34.5 Å². The fourth-order valence-corrected chi connectivity index (χ4v) is 4.17. The van der Waals surface area contributed by atoms with Gasteiger partial charge in [-0.05, 0) is 67.2 Å². The smallest absolute Gasteiger partial charge is 0.329 e. The first-order valence-corrected chi connectivity index (χ1v) is 14.9. The Morgan fingerprint density at radius 2 is 1.38 bits per heavy atom. The summed E-state index contributed by atoms with van der Waals surface area (Å²) < 4.78 is 43.9. The summed E-state index contributed by atoms with van der Waals surface area (Å²) in [5.74, 6) is -0.782. The zero-order chi connectivity index (χ0) is 29.6. The van der Waals surface area contributed by atoms with E-state index >= 15 is 0 Å². The van der Waals surface area contributed by atoms with Crippen LogP contribution in [0.15, 0.2) is 0 Å². The molecule has 0 radical (unpaired) electrons. The molecule has 8 nitrogen and oxygen atoms in total. The molecule has 0 spiro atoms. The van der Waals surface area contributed by atoms with Gasteiger partial charge in [0.1, 0.15) is 5.60 Å². The Balaban J connectivity index is 4.07. The van der Waals surface area contributed by atoms with Crippen LogP contribution in [-0.2, 0) is 9.47 Å². The normalized spacial score (nSPS) is 14.2. The van der Waals surface area contributed by atoms with Crippen molar-refractivity contribution in [2.75, 3.05) is 26.9 Å². The highest BCUT2D eigenvalue weighted by molar-refractivity contribution is 5.73. The number of hydrogen-bond acceptors (Lipinski definition) is 8.